The molecule has 0 aliphatic rings. The van der Waals surface area contributed by atoms with Crippen molar-refractivity contribution in [3.63, 3.8) is 0 Å². The number of ether oxygens (including phenoxy) is 1. The summed E-state index contributed by atoms with van der Waals surface area (Å²) >= 11 is 1.12. The Balaban J connectivity index is -0.000000209. The molecule has 0 aromatic heterocycles. The summed E-state index contributed by atoms with van der Waals surface area (Å²) < 4.78 is 176. The molecular weight excluding hydrogens is 867 g/mol. The third-order valence-electron chi connectivity index (χ3n) is 6.35. The van der Waals surface area contributed by atoms with E-state index in [1.807, 2.05) is 6.07 Å². The summed E-state index contributed by atoms with van der Waals surface area (Å²) in [6.07, 6.45) is -30.4. The number of para-hydroxylation sites is 2. The van der Waals surface area contributed by atoms with Crippen LogP contribution in [0.5, 0.6) is 11.5 Å². The van der Waals surface area contributed by atoms with Crippen LogP contribution in [-0.4, -0.2) is 99.1 Å². The van der Waals surface area contributed by atoms with Crippen LogP contribution in [0.25, 0.3) is 0 Å². The summed E-state index contributed by atoms with van der Waals surface area (Å²) in [4.78, 5) is 2.38. The van der Waals surface area contributed by atoms with E-state index in [2.05, 4.69) is 25.7 Å². The van der Waals surface area contributed by atoms with Crippen LogP contribution in [0.4, 0.5) is 61.5 Å². The van der Waals surface area contributed by atoms with Crippen molar-refractivity contribution >= 4 is 22.6 Å². The number of hydrogen-bond acceptors (Lipinski definition) is 5. The Kier molecular flexibility index (Phi) is 29.9. The molecule has 2 aromatic rings. The fourth-order valence-corrected chi connectivity index (χ4v) is 4.01. The van der Waals surface area contributed by atoms with Crippen LogP contribution in [0, 0.1) is 0 Å². The topological polar surface area (TPSA) is 73.2 Å². The minimum atomic E-state index is -6.17. The number of nitrogens with zero attached hydrogens (tertiary/aromatic N) is 1. The van der Waals surface area contributed by atoms with Crippen LogP contribution in [0.3, 0.4) is 0 Å². The predicted molar refractivity (Wildman–Crippen MR) is 186 cm³/mol. The highest BCUT2D eigenvalue weighted by Crippen LogP contribution is 2.50. The highest BCUT2D eigenvalue weighted by Gasteiger charge is 2.73. The Morgan fingerprint density at radius 3 is 1.11 bits per heavy atom. The van der Waals surface area contributed by atoms with Gasteiger partial charge in [-0.1, -0.05) is 102 Å². The standard InChI is InChI=1S/C12H11F7O2.C6H6F7IO.C6H15N.C6H6O.3CH4/c13-10(11(14,15)16,12(17,18)19)6-9(7-20)21-8-4-2-1-3-5-8;7-4(5(8,9)10,6(11,12)13)1-3(14)2-15;1-4-7(5-2)6-3;7-6-4-2-1-3-5-6;;;/h1-5,9,20H,6-7H2;3,15H,1-2H2;4-6H2,1-3H3;1-5,7H;3*1H4. The number of aromatic hydroxyl groups is 1. The van der Waals surface area contributed by atoms with Gasteiger partial charge in [-0.15, -0.1) is 0 Å². The SMILES string of the molecule is C.C.C.CCN(CC)CC.OCC(CC(F)(C(F)(F)F)C(F)(F)F)Oc1ccccc1.OCC(I)CC(F)(C(F)(F)F)C(F)(F)F.Oc1ccccc1. The zero-order valence-electron chi connectivity index (χ0n) is 26.7. The molecule has 0 spiro atoms. The largest absolute Gasteiger partial charge is 0.508 e. The molecule has 2 atom stereocenters. The summed E-state index contributed by atoms with van der Waals surface area (Å²) in [6.45, 7) is 7.96. The fraction of sp³-hybridized carbons (Fsp3) is 0.636. The zero-order chi connectivity index (χ0) is 39.6. The lowest BCUT2D eigenvalue weighted by Gasteiger charge is -2.32. The van der Waals surface area contributed by atoms with E-state index in [1.54, 1.807) is 24.3 Å². The molecule has 53 heavy (non-hydrogen) atoms. The van der Waals surface area contributed by atoms with Gasteiger partial charge in [0.25, 0.3) is 5.67 Å². The minimum Gasteiger partial charge on any atom is -0.508 e. The quantitative estimate of drug-likeness (QED) is 0.119. The normalized spacial score (nSPS) is 13.1. The van der Waals surface area contributed by atoms with E-state index < -0.39 is 72.1 Å². The Labute approximate surface area is 315 Å². The van der Waals surface area contributed by atoms with E-state index in [0.717, 1.165) is 22.6 Å². The second kappa shape index (κ2) is 26.5. The lowest BCUT2D eigenvalue weighted by Crippen LogP contribution is -2.55. The van der Waals surface area contributed by atoms with Gasteiger partial charge >= 0.3 is 30.4 Å². The second-order valence-corrected chi connectivity index (χ2v) is 11.7. The molecule has 0 saturated carbocycles. The van der Waals surface area contributed by atoms with Crippen LogP contribution in [0.15, 0.2) is 60.7 Å². The molecule has 0 aliphatic carbocycles. The van der Waals surface area contributed by atoms with E-state index in [-0.39, 0.29) is 28.0 Å². The molecule has 316 valence electrons. The second-order valence-electron chi connectivity index (χ2n) is 9.97. The fourth-order valence-electron chi connectivity index (χ4n) is 3.40. The van der Waals surface area contributed by atoms with Crippen molar-refractivity contribution in [2.24, 2.45) is 0 Å². The smallest absolute Gasteiger partial charge is 0.431 e. The van der Waals surface area contributed by atoms with E-state index in [9.17, 15) is 61.5 Å². The van der Waals surface area contributed by atoms with Crippen molar-refractivity contribution in [3.05, 3.63) is 60.7 Å². The number of aliphatic hydroxyl groups is 2. The van der Waals surface area contributed by atoms with Crippen molar-refractivity contribution in [1.29, 1.82) is 0 Å². The van der Waals surface area contributed by atoms with Crippen molar-refractivity contribution < 1.29 is 81.5 Å². The summed E-state index contributed by atoms with van der Waals surface area (Å²) in [5.74, 6) is 0.241. The summed E-state index contributed by atoms with van der Waals surface area (Å²) in [6, 6.07) is 15.6. The van der Waals surface area contributed by atoms with E-state index in [4.69, 9.17) is 20.1 Å². The Morgan fingerprint density at radius 1 is 0.566 bits per heavy atom. The van der Waals surface area contributed by atoms with Crippen LogP contribution >= 0.6 is 22.6 Å². The zero-order valence-corrected chi connectivity index (χ0v) is 28.9. The first-order chi connectivity index (χ1) is 22.7. The lowest BCUT2D eigenvalue weighted by atomic mass is 9.96. The summed E-state index contributed by atoms with van der Waals surface area (Å²) in [7, 11) is 0. The van der Waals surface area contributed by atoms with Crippen molar-refractivity contribution in [2.75, 3.05) is 32.8 Å². The van der Waals surface area contributed by atoms with Crippen molar-refractivity contribution in [1.82, 2.24) is 4.90 Å². The number of phenols is 1. The highest BCUT2D eigenvalue weighted by molar-refractivity contribution is 14.1. The van der Waals surface area contributed by atoms with Crippen molar-refractivity contribution in [3.8, 4) is 11.5 Å². The molecule has 5 nitrogen and oxygen atoms in total. The summed E-state index contributed by atoms with van der Waals surface area (Å²) in [5, 5.41) is 25.8. The number of alkyl halides is 15. The number of halogens is 15. The molecule has 0 amide bonds. The first-order valence-electron chi connectivity index (χ1n) is 14.4. The van der Waals surface area contributed by atoms with Crippen LogP contribution in [0.1, 0.15) is 55.9 Å². The highest BCUT2D eigenvalue weighted by atomic mass is 127. The molecule has 2 aromatic carbocycles. The molecule has 0 fully saturated rings. The van der Waals surface area contributed by atoms with Gasteiger partial charge in [0.05, 0.1) is 13.2 Å². The van der Waals surface area contributed by atoms with E-state index in [1.165, 1.54) is 50.0 Å². The number of hydrogen-bond donors (Lipinski definition) is 3. The Hall–Kier alpha value is -2.33. The number of aliphatic hydroxyl groups excluding tert-OH is 2. The molecule has 0 aliphatic heterocycles. The van der Waals surface area contributed by atoms with Gasteiger partial charge in [-0.25, -0.2) is 8.78 Å². The van der Waals surface area contributed by atoms with Gasteiger partial charge in [0.15, 0.2) is 0 Å². The average molecular weight is 918 g/mol. The van der Waals surface area contributed by atoms with Gasteiger partial charge in [0, 0.05) is 16.8 Å². The lowest BCUT2D eigenvalue weighted by molar-refractivity contribution is -0.347. The van der Waals surface area contributed by atoms with Gasteiger partial charge in [0.1, 0.15) is 17.6 Å². The number of phenolic OH excluding ortho intramolecular Hbond substituents is 1. The van der Waals surface area contributed by atoms with Crippen LogP contribution in [0.2, 0.25) is 0 Å². The first-order valence-corrected chi connectivity index (χ1v) is 15.6. The average Bonchev–Trinajstić information content (AvgIpc) is 3.01. The predicted octanol–water partition coefficient (Wildman–Crippen LogP) is 11.3. The molecule has 3 N–H and O–H groups in total. The Morgan fingerprint density at radius 2 is 0.887 bits per heavy atom. The van der Waals surface area contributed by atoms with Gasteiger partial charge < -0.3 is 25.0 Å². The molecular formula is C33H50F14INO4. The molecule has 2 unspecified atom stereocenters. The molecule has 2 rings (SSSR count). The Bertz CT molecular complexity index is 1120. The van der Waals surface area contributed by atoms with Crippen molar-refractivity contribution in [2.45, 2.75) is 102 Å². The first kappa shape index (κ1) is 59.9. The molecule has 0 heterocycles. The molecule has 0 saturated heterocycles. The van der Waals surface area contributed by atoms with Gasteiger partial charge in [-0.2, -0.15) is 52.7 Å². The van der Waals surface area contributed by atoms with E-state index >= 15 is 0 Å². The number of rotatable bonds is 11. The van der Waals surface area contributed by atoms with Crippen LogP contribution < -0.4 is 4.74 Å². The maximum atomic E-state index is 13.5. The maximum absolute atomic E-state index is 13.5. The minimum absolute atomic E-state index is 0. The third kappa shape index (κ3) is 20.8. The van der Waals surface area contributed by atoms with Gasteiger partial charge in [0.2, 0.25) is 0 Å². The molecule has 0 radical (unpaired) electrons. The molecule has 20 heteroatoms. The van der Waals surface area contributed by atoms with Crippen LogP contribution in [-0.2, 0) is 0 Å². The van der Waals surface area contributed by atoms with Gasteiger partial charge in [-0.3, -0.25) is 0 Å². The third-order valence-corrected chi connectivity index (χ3v) is 7.19. The maximum Gasteiger partial charge on any atom is 0.431 e. The summed E-state index contributed by atoms with van der Waals surface area (Å²) in [5.41, 5.74) is -10.7. The molecule has 0 bridgehead atoms. The van der Waals surface area contributed by atoms with E-state index in [0.29, 0.717) is 5.75 Å². The number of benzene rings is 2. The van der Waals surface area contributed by atoms with Gasteiger partial charge in [-0.05, 0) is 43.9 Å². The monoisotopic (exact) mass is 917 g/mol.